The molecule has 0 aromatic rings. The first kappa shape index (κ1) is 22.3. The van der Waals surface area contributed by atoms with Gasteiger partial charge in [-0.1, -0.05) is 19.3 Å². The van der Waals surface area contributed by atoms with E-state index in [0.29, 0.717) is 6.42 Å². The van der Waals surface area contributed by atoms with E-state index in [1.165, 1.54) is 56.7 Å². The number of nitrogens with two attached hydrogens (primary N) is 1. The average Bonchev–Trinajstić information content (AvgIpc) is 2.46. The molecule has 1 atom stereocenters. The molecule has 7 heteroatoms. The first-order chi connectivity index (χ1) is 9.62. The highest BCUT2D eigenvalue weighted by Crippen LogP contribution is 2.34. The largest absolute Gasteiger partial charge is 0.354 e. The minimum absolute atomic E-state index is 0. The van der Waals surface area contributed by atoms with Crippen molar-refractivity contribution in [3.8, 4) is 0 Å². The van der Waals surface area contributed by atoms with E-state index >= 15 is 0 Å². The van der Waals surface area contributed by atoms with Crippen molar-refractivity contribution in [2.24, 2.45) is 5.73 Å². The summed E-state index contributed by atoms with van der Waals surface area (Å²) in [5.74, 6) is 2.57. The van der Waals surface area contributed by atoms with E-state index in [0.717, 1.165) is 6.54 Å². The Morgan fingerprint density at radius 3 is 2.36 bits per heavy atom. The normalized spacial score (nSPS) is 22.8. The van der Waals surface area contributed by atoms with Gasteiger partial charge in [0.05, 0.1) is 0 Å². The number of halogens is 2. The molecule has 22 heavy (non-hydrogen) atoms. The van der Waals surface area contributed by atoms with Gasteiger partial charge in [0.2, 0.25) is 5.91 Å². The summed E-state index contributed by atoms with van der Waals surface area (Å²) in [6, 6.07) is -0.0521. The highest BCUT2D eigenvalue weighted by molar-refractivity contribution is 7.99. The summed E-state index contributed by atoms with van der Waals surface area (Å²) in [5, 5.41) is 3.15. The molecule has 2 aliphatic rings. The van der Waals surface area contributed by atoms with Gasteiger partial charge in [0, 0.05) is 49.1 Å². The van der Waals surface area contributed by atoms with Gasteiger partial charge in [0.15, 0.2) is 0 Å². The Labute approximate surface area is 151 Å². The molecule has 1 aliphatic heterocycles. The van der Waals surface area contributed by atoms with Gasteiger partial charge in [0.1, 0.15) is 0 Å². The summed E-state index contributed by atoms with van der Waals surface area (Å²) in [6.45, 7) is 5.04. The smallest absolute Gasteiger partial charge is 0.221 e. The van der Waals surface area contributed by atoms with Crippen molar-refractivity contribution in [3.63, 3.8) is 0 Å². The minimum Gasteiger partial charge on any atom is -0.354 e. The summed E-state index contributed by atoms with van der Waals surface area (Å²) >= 11 is 2.05. The predicted molar refractivity (Wildman–Crippen MR) is 100 cm³/mol. The van der Waals surface area contributed by atoms with Crippen LogP contribution in [0.15, 0.2) is 0 Å². The van der Waals surface area contributed by atoms with Crippen molar-refractivity contribution in [3.05, 3.63) is 0 Å². The van der Waals surface area contributed by atoms with Crippen LogP contribution in [-0.2, 0) is 4.79 Å². The van der Waals surface area contributed by atoms with E-state index in [-0.39, 0.29) is 42.3 Å². The molecule has 1 aliphatic carbocycles. The lowest BCUT2D eigenvalue weighted by molar-refractivity contribution is -0.122. The molecule has 3 N–H and O–H groups in total. The first-order valence-corrected chi connectivity index (χ1v) is 9.13. The Hall–Kier alpha value is 0.320. The summed E-state index contributed by atoms with van der Waals surface area (Å²) in [5.41, 5.74) is 5.92. The molecular formula is C15H31Cl2N3OS. The van der Waals surface area contributed by atoms with Crippen molar-refractivity contribution in [2.75, 3.05) is 31.1 Å². The van der Waals surface area contributed by atoms with E-state index in [9.17, 15) is 4.79 Å². The van der Waals surface area contributed by atoms with Crippen LogP contribution in [0.3, 0.4) is 0 Å². The lowest BCUT2D eigenvalue weighted by Gasteiger charge is -2.48. The van der Waals surface area contributed by atoms with E-state index in [2.05, 4.69) is 10.2 Å². The molecule has 0 aromatic carbocycles. The fourth-order valence-corrected chi connectivity index (χ4v) is 4.38. The van der Waals surface area contributed by atoms with Crippen molar-refractivity contribution in [1.82, 2.24) is 10.2 Å². The number of carbonyl (C=O) groups is 1. The van der Waals surface area contributed by atoms with Crippen LogP contribution in [-0.4, -0.2) is 53.5 Å². The Morgan fingerprint density at radius 2 is 1.82 bits per heavy atom. The second-order valence-electron chi connectivity index (χ2n) is 6.34. The Bertz CT molecular complexity index is 320. The molecule has 0 spiro atoms. The second kappa shape index (κ2) is 11.0. The van der Waals surface area contributed by atoms with Crippen LogP contribution in [0.2, 0.25) is 0 Å². The average molecular weight is 372 g/mol. The standard InChI is InChI=1S/C15H29N3OS.2ClH/c1-13(16)11-14(19)17-12-15(5-3-2-4-6-15)18-7-9-20-10-8-18;;/h13H,2-12,16H2,1H3,(H,17,19);2*1H. The van der Waals surface area contributed by atoms with Crippen LogP contribution in [0.25, 0.3) is 0 Å². The van der Waals surface area contributed by atoms with Crippen LogP contribution < -0.4 is 11.1 Å². The highest BCUT2D eigenvalue weighted by Gasteiger charge is 2.38. The van der Waals surface area contributed by atoms with Crippen molar-refractivity contribution < 1.29 is 4.79 Å². The summed E-state index contributed by atoms with van der Waals surface area (Å²) in [7, 11) is 0. The van der Waals surface area contributed by atoms with Gasteiger partial charge in [-0.2, -0.15) is 11.8 Å². The van der Waals surface area contributed by atoms with Gasteiger partial charge in [-0.15, -0.1) is 24.8 Å². The Kier molecular flexibility index (Phi) is 11.1. The van der Waals surface area contributed by atoms with Gasteiger partial charge in [0.25, 0.3) is 0 Å². The molecule has 4 nitrogen and oxygen atoms in total. The third-order valence-electron chi connectivity index (χ3n) is 4.59. The van der Waals surface area contributed by atoms with Gasteiger partial charge in [-0.05, 0) is 19.8 Å². The number of hydrogen-bond acceptors (Lipinski definition) is 4. The molecule has 1 heterocycles. The summed E-state index contributed by atoms with van der Waals surface area (Å²) in [6.07, 6.45) is 6.84. The maximum Gasteiger partial charge on any atom is 0.221 e. The molecular weight excluding hydrogens is 341 g/mol. The van der Waals surface area contributed by atoms with E-state index in [1.807, 2.05) is 18.7 Å². The predicted octanol–water partition coefficient (Wildman–Crippen LogP) is 2.44. The van der Waals surface area contributed by atoms with E-state index in [4.69, 9.17) is 5.73 Å². The fraction of sp³-hybridized carbons (Fsp3) is 0.933. The third-order valence-corrected chi connectivity index (χ3v) is 5.53. The van der Waals surface area contributed by atoms with Crippen molar-refractivity contribution in [1.29, 1.82) is 0 Å². The molecule has 132 valence electrons. The topological polar surface area (TPSA) is 58.4 Å². The van der Waals surface area contributed by atoms with Gasteiger partial charge >= 0.3 is 0 Å². The Balaban J connectivity index is 0.00000220. The van der Waals surface area contributed by atoms with Gasteiger partial charge in [-0.3, -0.25) is 9.69 Å². The monoisotopic (exact) mass is 371 g/mol. The molecule has 0 bridgehead atoms. The van der Waals surface area contributed by atoms with Crippen LogP contribution in [0, 0.1) is 0 Å². The molecule has 0 radical (unpaired) electrons. The van der Waals surface area contributed by atoms with E-state index in [1.54, 1.807) is 0 Å². The highest BCUT2D eigenvalue weighted by atomic mass is 35.5. The molecule has 2 rings (SSSR count). The maximum atomic E-state index is 11.9. The van der Waals surface area contributed by atoms with Crippen molar-refractivity contribution in [2.45, 2.75) is 57.0 Å². The minimum atomic E-state index is -0.0521. The SMILES string of the molecule is CC(N)CC(=O)NCC1(N2CCSCC2)CCCCC1.Cl.Cl. The van der Waals surface area contributed by atoms with Crippen LogP contribution in [0.5, 0.6) is 0 Å². The fourth-order valence-electron chi connectivity index (χ4n) is 3.48. The molecule has 2 fully saturated rings. The number of nitrogens with one attached hydrogen (secondary N) is 1. The molecule has 1 saturated heterocycles. The first-order valence-electron chi connectivity index (χ1n) is 7.97. The summed E-state index contributed by atoms with van der Waals surface area (Å²) in [4.78, 5) is 14.6. The van der Waals surface area contributed by atoms with E-state index < -0.39 is 0 Å². The van der Waals surface area contributed by atoms with Crippen LogP contribution >= 0.6 is 36.6 Å². The lowest BCUT2D eigenvalue weighted by Crippen LogP contribution is -2.59. The zero-order valence-corrected chi connectivity index (χ0v) is 16.0. The third kappa shape index (κ3) is 6.44. The quantitative estimate of drug-likeness (QED) is 0.778. The molecule has 1 unspecified atom stereocenters. The van der Waals surface area contributed by atoms with Crippen LogP contribution in [0.4, 0.5) is 0 Å². The van der Waals surface area contributed by atoms with Gasteiger partial charge in [-0.25, -0.2) is 0 Å². The van der Waals surface area contributed by atoms with Crippen LogP contribution in [0.1, 0.15) is 45.4 Å². The number of nitrogens with zero attached hydrogens (tertiary/aromatic N) is 1. The number of amides is 1. The summed E-state index contributed by atoms with van der Waals surface area (Å²) < 4.78 is 0. The van der Waals surface area contributed by atoms with Crippen molar-refractivity contribution >= 4 is 42.5 Å². The van der Waals surface area contributed by atoms with Gasteiger partial charge < -0.3 is 11.1 Å². The molecule has 1 amide bonds. The number of hydrogen-bond donors (Lipinski definition) is 2. The maximum absolute atomic E-state index is 11.9. The second-order valence-corrected chi connectivity index (χ2v) is 7.57. The number of rotatable bonds is 5. The lowest BCUT2D eigenvalue weighted by atomic mass is 9.80. The molecule has 1 saturated carbocycles. The zero-order chi connectivity index (χ0) is 14.4. The zero-order valence-electron chi connectivity index (χ0n) is 13.5. The molecule has 0 aromatic heterocycles. The number of thioether (sulfide) groups is 1. The number of carbonyl (C=O) groups excluding carboxylic acids is 1. The Morgan fingerprint density at radius 1 is 1.23 bits per heavy atom.